The van der Waals surface area contributed by atoms with Gasteiger partial charge in [-0.2, -0.15) is 0 Å². The largest absolute Gasteiger partial charge is 0.363 e. The van der Waals surface area contributed by atoms with Crippen LogP contribution in [0, 0.1) is 6.92 Å². The molecule has 6 heteroatoms. The lowest BCUT2D eigenvalue weighted by Gasteiger charge is -2.24. The number of pyridine rings is 1. The third-order valence-electron chi connectivity index (χ3n) is 4.16. The summed E-state index contributed by atoms with van der Waals surface area (Å²) in [6.07, 6.45) is 4.01. The lowest BCUT2D eigenvalue weighted by Crippen LogP contribution is -2.25. The van der Waals surface area contributed by atoms with Crippen molar-refractivity contribution < 1.29 is 0 Å². The van der Waals surface area contributed by atoms with E-state index < -0.39 is 0 Å². The first-order valence-corrected chi connectivity index (χ1v) is 8.28. The Morgan fingerprint density at radius 2 is 2.13 bits per heavy atom. The Morgan fingerprint density at radius 3 is 2.83 bits per heavy atom. The zero-order valence-electron chi connectivity index (χ0n) is 13.8. The minimum absolute atomic E-state index is 0.327. The zero-order valence-corrected chi connectivity index (χ0v) is 14.6. The highest BCUT2D eigenvalue weighted by Gasteiger charge is 2.28. The van der Waals surface area contributed by atoms with Gasteiger partial charge >= 0.3 is 0 Å². The quantitative estimate of drug-likeness (QED) is 0.860. The van der Waals surface area contributed by atoms with Crippen LogP contribution >= 0.6 is 11.6 Å². The molecule has 3 heterocycles. The fourth-order valence-electron chi connectivity index (χ4n) is 3.03. The van der Waals surface area contributed by atoms with E-state index in [2.05, 4.69) is 25.9 Å². The van der Waals surface area contributed by atoms with Gasteiger partial charge in [-0.3, -0.25) is 9.88 Å². The van der Waals surface area contributed by atoms with E-state index in [0.29, 0.717) is 11.1 Å². The summed E-state index contributed by atoms with van der Waals surface area (Å²) in [7, 11) is 4.02. The number of likely N-dealkylation sites (tertiary alicyclic amines) is 1. The molecule has 1 saturated heterocycles. The Morgan fingerprint density at radius 1 is 1.30 bits per heavy atom. The molecule has 2 aromatic rings. The van der Waals surface area contributed by atoms with E-state index in [1.54, 1.807) is 6.20 Å². The van der Waals surface area contributed by atoms with Gasteiger partial charge in [0.05, 0.1) is 22.5 Å². The Kier molecular flexibility index (Phi) is 4.78. The smallest absolute Gasteiger partial charge is 0.132 e. The van der Waals surface area contributed by atoms with Crippen molar-refractivity contribution >= 4 is 17.4 Å². The molecular formula is C17H22ClN5. The van der Waals surface area contributed by atoms with Gasteiger partial charge in [0.15, 0.2) is 0 Å². The van der Waals surface area contributed by atoms with E-state index in [-0.39, 0.29) is 0 Å². The number of halogens is 1. The summed E-state index contributed by atoms with van der Waals surface area (Å²) in [5.41, 5.74) is 2.15. The first kappa shape index (κ1) is 16.1. The molecule has 0 aliphatic carbocycles. The number of hydrogen-bond donors (Lipinski definition) is 0. The van der Waals surface area contributed by atoms with Crippen molar-refractivity contribution in [3.05, 3.63) is 46.6 Å². The van der Waals surface area contributed by atoms with E-state index in [1.165, 1.54) is 6.42 Å². The highest BCUT2D eigenvalue weighted by molar-refractivity contribution is 6.30. The topological polar surface area (TPSA) is 45.2 Å². The van der Waals surface area contributed by atoms with Crippen LogP contribution in [0.3, 0.4) is 0 Å². The molecule has 2 aromatic heterocycles. The average Bonchev–Trinajstić information content (AvgIpc) is 2.97. The second-order valence-electron chi connectivity index (χ2n) is 6.19. The summed E-state index contributed by atoms with van der Waals surface area (Å²) < 4.78 is 0. The van der Waals surface area contributed by atoms with Crippen molar-refractivity contribution in [2.75, 3.05) is 25.5 Å². The number of hydrogen-bond acceptors (Lipinski definition) is 5. The number of nitrogens with zero attached hydrogens (tertiary/aromatic N) is 5. The summed E-state index contributed by atoms with van der Waals surface area (Å²) in [6, 6.07) is 6.32. The fraction of sp³-hybridized carbons (Fsp3) is 0.471. The number of aromatic nitrogens is 3. The van der Waals surface area contributed by atoms with Gasteiger partial charge in [-0.25, -0.2) is 9.97 Å². The molecule has 1 aliphatic rings. The van der Waals surface area contributed by atoms with Gasteiger partial charge in [-0.1, -0.05) is 11.6 Å². The maximum atomic E-state index is 5.92. The van der Waals surface area contributed by atoms with Crippen molar-refractivity contribution in [1.82, 2.24) is 19.9 Å². The molecular weight excluding hydrogens is 310 g/mol. The lowest BCUT2D eigenvalue weighted by atomic mass is 10.1. The third kappa shape index (κ3) is 3.79. The van der Waals surface area contributed by atoms with Crippen molar-refractivity contribution in [2.24, 2.45) is 0 Å². The van der Waals surface area contributed by atoms with Gasteiger partial charge in [0, 0.05) is 32.9 Å². The van der Waals surface area contributed by atoms with Crippen molar-refractivity contribution in [2.45, 2.75) is 32.4 Å². The molecule has 3 rings (SSSR count). The Labute approximate surface area is 142 Å². The average molecular weight is 332 g/mol. The number of aryl methyl sites for hydroxylation is 1. The van der Waals surface area contributed by atoms with Gasteiger partial charge in [0.1, 0.15) is 11.6 Å². The van der Waals surface area contributed by atoms with E-state index in [1.807, 2.05) is 38.1 Å². The molecule has 23 heavy (non-hydrogen) atoms. The first-order chi connectivity index (χ1) is 11.0. The van der Waals surface area contributed by atoms with E-state index in [0.717, 1.165) is 42.5 Å². The van der Waals surface area contributed by atoms with Crippen molar-refractivity contribution in [3.63, 3.8) is 0 Å². The maximum Gasteiger partial charge on any atom is 0.132 e. The molecule has 0 spiro atoms. The third-order valence-corrected chi connectivity index (χ3v) is 4.38. The summed E-state index contributed by atoms with van der Waals surface area (Å²) >= 11 is 5.92. The maximum absolute atomic E-state index is 5.92. The van der Waals surface area contributed by atoms with Crippen molar-refractivity contribution in [3.8, 4) is 0 Å². The standard InChI is InChI=1S/C17H22ClN5/c1-12-20-15(9-17(21-12)22(2)3)16-5-4-8-23(16)11-14-7-6-13(18)10-19-14/h6-7,9-10,16H,4-5,8,11H2,1-3H3. The fourth-order valence-corrected chi connectivity index (χ4v) is 3.14. The summed E-state index contributed by atoms with van der Waals surface area (Å²) in [5, 5.41) is 0.675. The second-order valence-corrected chi connectivity index (χ2v) is 6.63. The molecule has 1 atom stereocenters. The minimum atomic E-state index is 0.327. The van der Waals surface area contributed by atoms with E-state index in [4.69, 9.17) is 11.6 Å². The van der Waals surface area contributed by atoms with Crippen LogP contribution in [-0.2, 0) is 6.54 Å². The van der Waals surface area contributed by atoms with Crippen LogP contribution in [0.4, 0.5) is 5.82 Å². The first-order valence-electron chi connectivity index (χ1n) is 7.90. The van der Waals surface area contributed by atoms with Crippen LogP contribution < -0.4 is 4.90 Å². The molecule has 1 unspecified atom stereocenters. The minimum Gasteiger partial charge on any atom is -0.363 e. The normalized spacial score (nSPS) is 18.3. The SMILES string of the molecule is Cc1nc(C2CCCN2Cc2ccc(Cl)cn2)cc(N(C)C)n1. The molecule has 1 aliphatic heterocycles. The second kappa shape index (κ2) is 6.81. The van der Waals surface area contributed by atoms with E-state index >= 15 is 0 Å². The van der Waals surface area contributed by atoms with Gasteiger partial charge in [-0.05, 0) is 38.4 Å². The highest BCUT2D eigenvalue weighted by atomic mass is 35.5. The number of rotatable bonds is 4. The highest BCUT2D eigenvalue weighted by Crippen LogP contribution is 2.33. The predicted octanol–water partition coefficient (Wildman–Crippen LogP) is 3.24. The molecule has 0 aromatic carbocycles. The molecule has 1 fully saturated rings. The molecule has 0 radical (unpaired) electrons. The summed E-state index contributed by atoms with van der Waals surface area (Å²) in [5.74, 6) is 1.78. The van der Waals surface area contributed by atoms with Crippen LogP contribution in [0.15, 0.2) is 24.4 Å². The molecule has 0 saturated carbocycles. The van der Waals surface area contributed by atoms with Crippen LogP contribution in [0.2, 0.25) is 5.02 Å². The van der Waals surface area contributed by atoms with Gasteiger partial charge in [-0.15, -0.1) is 0 Å². The van der Waals surface area contributed by atoms with E-state index in [9.17, 15) is 0 Å². The molecule has 5 nitrogen and oxygen atoms in total. The molecule has 122 valence electrons. The summed E-state index contributed by atoms with van der Waals surface area (Å²) in [6.45, 7) is 3.84. The monoisotopic (exact) mass is 331 g/mol. The number of anilines is 1. The van der Waals surface area contributed by atoms with Crippen LogP contribution in [-0.4, -0.2) is 40.5 Å². The predicted molar refractivity (Wildman–Crippen MR) is 92.7 cm³/mol. The zero-order chi connectivity index (χ0) is 16.4. The Balaban J connectivity index is 1.82. The van der Waals surface area contributed by atoms with Crippen LogP contribution in [0.5, 0.6) is 0 Å². The van der Waals surface area contributed by atoms with Crippen molar-refractivity contribution in [1.29, 1.82) is 0 Å². The lowest BCUT2D eigenvalue weighted by molar-refractivity contribution is 0.241. The Hall–Kier alpha value is -1.72. The Bertz CT molecular complexity index is 671. The molecule has 0 bridgehead atoms. The van der Waals surface area contributed by atoms with Gasteiger partial charge < -0.3 is 4.90 Å². The van der Waals surface area contributed by atoms with Gasteiger partial charge in [0.25, 0.3) is 0 Å². The summed E-state index contributed by atoms with van der Waals surface area (Å²) in [4.78, 5) is 18.1. The molecule has 0 N–H and O–H groups in total. The van der Waals surface area contributed by atoms with Gasteiger partial charge in [0.2, 0.25) is 0 Å². The molecule has 0 amide bonds. The van der Waals surface area contributed by atoms with Crippen LogP contribution in [0.1, 0.15) is 36.1 Å². The van der Waals surface area contributed by atoms with Crippen LogP contribution in [0.25, 0.3) is 0 Å².